The minimum atomic E-state index is -0.323. The summed E-state index contributed by atoms with van der Waals surface area (Å²) in [6, 6.07) is 28.2. The minimum absolute atomic E-state index is 0.305. The van der Waals surface area contributed by atoms with E-state index in [1.807, 2.05) is 60.8 Å². The molecule has 4 nitrogen and oxygen atoms in total. The van der Waals surface area contributed by atoms with Crippen molar-refractivity contribution in [2.45, 2.75) is 6.04 Å². The van der Waals surface area contributed by atoms with Crippen molar-refractivity contribution in [3.63, 3.8) is 0 Å². The van der Waals surface area contributed by atoms with Crippen LogP contribution < -0.4 is 10.9 Å². The maximum absolute atomic E-state index is 13.4. The van der Waals surface area contributed by atoms with Gasteiger partial charge in [-0.2, -0.15) is 0 Å². The van der Waals surface area contributed by atoms with Crippen molar-refractivity contribution in [2.24, 2.45) is 0 Å². The van der Waals surface area contributed by atoms with Crippen LogP contribution in [-0.4, -0.2) is 4.98 Å². The highest BCUT2D eigenvalue weighted by atomic mass is 16.4. The summed E-state index contributed by atoms with van der Waals surface area (Å²) < 4.78 is 5.82. The van der Waals surface area contributed by atoms with E-state index < -0.39 is 0 Å². The molecule has 1 atom stereocenters. The Morgan fingerprint density at radius 2 is 1.47 bits per heavy atom. The topological polar surface area (TPSA) is 58.0 Å². The molecule has 0 fully saturated rings. The maximum Gasteiger partial charge on any atom is 0.342 e. The zero-order valence-electron chi connectivity index (χ0n) is 17.1. The number of nitrogens with one attached hydrogen (secondary N) is 2. The normalized spacial score (nSPS) is 14.9. The van der Waals surface area contributed by atoms with Crippen LogP contribution >= 0.6 is 0 Å². The third kappa shape index (κ3) is 2.29. The number of H-pyrrole nitrogens is 1. The van der Waals surface area contributed by atoms with E-state index in [0.29, 0.717) is 11.1 Å². The van der Waals surface area contributed by atoms with Crippen LogP contribution in [0.1, 0.15) is 17.2 Å². The molecule has 1 aliphatic heterocycles. The summed E-state index contributed by atoms with van der Waals surface area (Å²) in [5.74, 6) is 0. The Labute approximate surface area is 183 Å². The number of fused-ring (bicyclic) bond motifs is 8. The first-order chi connectivity index (χ1) is 15.8. The van der Waals surface area contributed by atoms with Gasteiger partial charge in [-0.05, 0) is 29.0 Å². The van der Waals surface area contributed by atoms with E-state index in [4.69, 9.17) is 4.42 Å². The largest absolute Gasteiger partial charge is 0.422 e. The predicted octanol–water partition coefficient (Wildman–Crippen LogP) is 6.61. The van der Waals surface area contributed by atoms with Crippen molar-refractivity contribution in [1.29, 1.82) is 0 Å². The molecule has 0 radical (unpaired) electrons. The van der Waals surface area contributed by atoms with Gasteiger partial charge in [-0.1, -0.05) is 66.7 Å². The van der Waals surface area contributed by atoms with E-state index >= 15 is 0 Å². The molecule has 2 N–H and O–H groups in total. The molecular weight excluding hydrogens is 396 g/mol. The third-order valence-corrected chi connectivity index (χ3v) is 6.55. The summed E-state index contributed by atoms with van der Waals surface area (Å²) in [6.45, 7) is 0. The Hall–Kier alpha value is -4.31. The average molecular weight is 414 g/mol. The Kier molecular flexibility index (Phi) is 3.45. The lowest BCUT2D eigenvalue weighted by atomic mass is 9.83. The molecule has 0 bridgehead atoms. The fraction of sp³-hybridized carbons (Fsp3) is 0.0357. The van der Waals surface area contributed by atoms with Crippen molar-refractivity contribution in [1.82, 2.24) is 4.98 Å². The molecule has 0 unspecified atom stereocenters. The molecule has 152 valence electrons. The molecule has 0 saturated carbocycles. The third-order valence-electron chi connectivity index (χ3n) is 6.55. The first-order valence-electron chi connectivity index (χ1n) is 10.7. The van der Waals surface area contributed by atoms with Gasteiger partial charge in [0.25, 0.3) is 0 Å². The van der Waals surface area contributed by atoms with E-state index in [2.05, 4.69) is 40.6 Å². The SMILES string of the molecule is O=c1oc2ccccc2c2c1[C@H](c1c[nH]c3ccccc13)Nc1ccc3ccccc3c1-2. The Morgan fingerprint density at radius 3 is 2.38 bits per heavy atom. The van der Waals surface area contributed by atoms with E-state index in [-0.39, 0.29) is 11.7 Å². The monoisotopic (exact) mass is 414 g/mol. The van der Waals surface area contributed by atoms with Crippen LogP contribution in [0.15, 0.2) is 100 Å². The van der Waals surface area contributed by atoms with Gasteiger partial charge >= 0.3 is 5.63 Å². The van der Waals surface area contributed by atoms with Gasteiger partial charge < -0.3 is 14.7 Å². The number of benzene rings is 4. The van der Waals surface area contributed by atoms with Gasteiger partial charge in [0, 0.05) is 44.9 Å². The molecule has 4 aromatic carbocycles. The van der Waals surface area contributed by atoms with E-state index in [1.165, 1.54) is 0 Å². The number of anilines is 1. The highest BCUT2D eigenvalue weighted by Crippen LogP contribution is 2.48. The summed E-state index contributed by atoms with van der Waals surface area (Å²) in [6.07, 6.45) is 1.99. The smallest absolute Gasteiger partial charge is 0.342 e. The van der Waals surface area contributed by atoms with Crippen LogP contribution in [0.3, 0.4) is 0 Å². The lowest BCUT2D eigenvalue weighted by Crippen LogP contribution is -2.25. The van der Waals surface area contributed by atoms with Crippen molar-refractivity contribution < 1.29 is 4.42 Å². The number of hydrogen-bond acceptors (Lipinski definition) is 3. The van der Waals surface area contributed by atoms with Gasteiger partial charge in [-0.3, -0.25) is 0 Å². The number of aromatic amines is 1. The van der Waals surface area contributed by atoms with E-state index in [0.717, 1.165) is 49.4 Å². The second-order valence-corrected chi connectivity index (χ2v) is 8.25. The van der Waals surface area contributed by atoms with Crippen molar-refractivity contribution in [2.75, 3.05) is 5.32 Å². The van der Waals surface area contributed by atoms with Crippen molar-refractivity contribution in [3.05, 3.63) is 113 Å². The lowest BCUT2D eigenvalue weighted by molar-refractivity contribution is 0.548. The summed E-state index contributed by atoms with van der Waals surface area (Å²) in [5, 5.41) is 7.96. The summed E-state index contributed by atoms with van der Waals surface area (Å²) in [5.41, 5.74) is 6.05. The Bertz CT molecular complexity index is 1740. The zero-order chi connectivity index (χ0) is 21.2. The molecular formula is C28H18N2O2. The van der Waals surface area contributed by atoms with Gasteiger partial charge in [0.1, 0.15) is 5.58 Å². The van der Waals surface area contributed by atoms with Crippen LogP contribution in [0, 0.1) is 0 Å². The molecule has 0 spiro atoms. The number of para-hydroxylation sites is 2. The molecule has 0 amide bonds. The molecule has 1 aliphatic rings. The molecule has 4 heteroatoms. The van der Waals surface area contributed by atoms with Gasteiger partial charge in [0.05, 0.1) is 11.6 Å². The van der Waals surface area contributed by atoms with Crippen LogP contribution in [0.4, 0.5) is 5.69 Å². The molecule has 7 rings (SSSR count). The lowest BCUT2D eigenvalue weighted by Gasteiger charge is -2.30. The second kappa shape index (κ2) is 6.34. The molecule has 3 heterocycles. The summed E-state index contributed by atoms with van der Waals surface area (Å²) in [7, 11) is 0. The van der Waals surface area contributed by atoms with Crippen molar-refractivity contribution >= 4 is 38.3 Å². The molecule has 6 aromatic rings. The number of aromatic nitrogens is 1. The second-order valence-electron chi connectivity index (χ2n) is 8.25. The van der Waals surface area contributed by atoms with Crippen molar-refractivity contribution in [3.8, 4) is 11.1 Å². The molecule has 2 aromatic heterocycles. The predicted molar refractivity (Wildman–Crippen MR) is 129 cm³/mol. The van der Waals surface area contributed by atoms with Gasteiger partial charge in [-0.15, -0.1) is 0 Å². The van der Waals surface area contributed by atoms with Gasteiger partial charge in [0.2, 0.25) is 0 Å². The van der Waals surface area contributed by atoms with Crippen LogP contribution in [0.2, 0.25) is 0 Å². The number of hydrogen-bond donors (Lipinski definition) is 2. The molecule has 0 aliphatic carbocycles. The van der Waals surface area contributed by atoms with Crippen LogP contribution in [0.5, 0.6) is 0 Å². The van der Waals surface area contributed by atoms with Gasteiger partial charge in [0.15, 0.2) is 0 Å². The highest BCUT2D eigenvalue weighted by Gasteiger charge is 2.33. The fourth-order valence-electron chi connectivity index (χ4n) is 5.15. The van der Waals surface area contributed by atoms with Crippen LogP contribution in [-0.2, 0) is 0 Å². The first-order valence-corrected chi connectivity index (χ1v) is 10.7. The summed E-state index contributed by atoms with van der Waals surface area (Å²) >= 11 is 0. The fourth-order valence-corrected chi connectivity index (χ4v) is 5.15. The van der Waals surface area contributed by atoms with Crippen LogP contribution in [0.25, 0.3) is 43.8 Å². The molecule has 0 saturated heterocycles. The molecule has 32 heavy (non-hydrogen) atoms. The number of rotatable bonds is 1. The average Bonchev–Trinajstić information content (AvgIpc) is 3.27. The quantitative estimate of drug-likeness (QED) is 0.298. The Morgan fingerprint density at radius 1 is 0.719 bits per heavy atom. The minimum Gasteiger partial charge on any atom is -0.422 e. The first kappa shape index (κ1) is 17.4. The van der Waals surface area contributed by atoms with E-state index in [9.17, 15) is 4.79 Å². The highest BCUT2D eigenvalue weighted by molar-refractivity contribution is 6.11. The summed E-state index contributed by atoms with van der Waals surface area (Å²) in [4.78, 5) is 16.8. The maximum atomic E-state index is 13.4. The standard InChI is InChI=1S/C28H18N2O2/c31-28-26-25(19-10-4-6-12-23(19)32-28)24-17-8-2-1-7-16(17)13-14-22(24)30-27(26)20-15-29-21-11-5-3-9-18(20)21/h1-15,27,29-30H/t27-/m0/s1. The van der Waals surface area contributed by atoms with E-state index in [1.54, 1.807) is 0 Å². The van der Waals surface area contributed by atoms with Gasteiger partial charge in [-0.25, -0.2) is 4.79 Å². The Balaban J connectivity index is 1.65. The zero-order valence-corrected chi connectivity index (χ0v) is 17.1.